The van der Waals surface area contributed by atoms with Crippen LogP contribution in [0.4, 0.5) is 17.6 Å². The molecule has 0 N–H and O–H groups in total. The number of Topliss-reactive ketones (excluding diaryl/α,β-unsaturated/α-hetero) is 1. The maximum absolute atomic E-state index is 13.0. The molecule has 2 rings (SSSR count). The van der Waals surface area contributed by atoms with Crippen LogP contribution in [0.1, 0.15) is 23.2 Å². The topological polar surface area (TPSA) is 20.3 Å². The first kappa shape index (κ1) is 15.9. The molecule has 1 fully saturated rings. The molecule has 1 heterocycles. The first-order chi connectivity index (χ1) is 9.90. The van der Waals surface area contributed by atoms with Gasteiger partial charge in [0.05, 0.1) is 6.54 Å². The monoisotopic (exact) mass is 303 g/mol. The van der Waals surface area contributed by atoms with Crippen molar-refractivity contribution in [3.8, 4) is 0 Å². The summed E-state index contributed by atoms with van der Waals surface area (Å²) >= 11 is 0. The molecule has 21 heavy (non-hydrogen) atoms. The van der Waals surface area contributed by atoms with E-state index in [1.807, 2.05) is 6.07 Å². The standard InChI is InChI=1S/C15H17F4NO/c16-14(17)15(18,19)10-20-8-6-12(7-9-20)13(21)11-4-2-1-3-5-11/h1-5,12,14H,6-10H2. The predicted octanol–water partition coefficient (Wildman–Crippen LogP) is 3.48. The van der Waals surface area contributed by atoms with Crippen LogP contribution in [0.2, 0.25) is 0 Å². The largest absolute Gasteiger partial charge is 0.319 e. The van der Waals surface area contributed by atoms with Crippen molar-refractivity contribution in [3.05, 3.63) is 35.9 Å². The molecule has 0 bridgehead atoms. The van der Waals surface area contributed by atoms with E-state index in [1.54, 1.807) is 24.3 Å². The van der Waals surface area contributed by atoms with Crippen LogP contribution in [0.25, 0.3) is 0 Å². The summed E-state index contributed by atoms with van der Waals surface area (Å²) in [4.78, 5) is 13.5. The molecule has 1 aliphatic heterocycles. The zero-order valence-corrected chi connectivity index (χ0v) is 11.4. The highest BCUT2D eigenvalue weighted by Crippen LogP contribution is 2.27. The van der Waals surface area contributed by atoms with Gasteiger partial charge < -0.3 is 0 Å². The molecular formula is C15H17F4NO. The van der Waals surface area contributed by atoms with Gasteiger partial charge in [0.2, 0.25) is 0 Å². The Kier molecular flexibility index (Phi) is 4.98. The van der Waals surface area contributed by atoms with Gasteiger partial charge in [0.1, 0.15) is 0 Å². The van der Waals surface area contributed by atoms with Crippen LogP contribution in [-0.2, 0) is 0 Å². The molecule has 0 radical (unpaired) electrons. The summed E-state index contributed by atoms with van der Waals surface area (Å²) in [6.07, 6.45) is -2.80. The Morgan fingerprint density at radius 3 is 2.29 bits per heavy atom. The molecule has 0 aromatic heterocycles. The van der Waals surface area contributed by atoms with Crippen LogP contribution >= 0.6 is 0 Å². The third-order valence-electron chi connectivity index (χ3n) is 3.77. The minimum Gasteiger partial charge on any atom is -0.297 e. The van der Waals surface area contributed by atoms with Gasteiger partial charge in [-0.2, -0.15) is 8.78 Å². The Morgan fingerprint density at radius 1 is 1.19 bits per heavy atom. The van der Waals surface area contributed by atoms with Crippen molar-refractivity contribution in [2.24, 2.45) is 5.92 Å². The molecule has 0 atom stereocenters. The van der Waals surface area contributed by atoms with Crippen LogP contribution < -0.4 is 0 Å². The van der Waals surface area contributed by atoms with Crippen LogP contribution in [0.3, 0.4) is 0 Å². The summed E-state index contributed by atoms with van der Waals surface area (Å²) in [5.41, 5.74) is 0.605. The average molecular weight is 303 g/mol. The number of benzene rings is 1. The number of likely N-dealkylation sites (tertiary alicyclic amines) is 1. The smallest absolute Gasteiger partial charge is 0.297 e. The minimum absolute atomic E-state index is 0.00382. The van der Waals surface area contributed by atoms with E-state index >= 15 is 0 Å². The molecule has 2 nitrogen and oxygen atoms in total. The molecule has 116 valence electrons. The van der Waals surface area contributed by atoms with E-state index in [4.69, 9.17) is 0 Å². The van der Waals surface area contributed by atoms with Crippen LogP contribution in [0.5, 0.6) is 0 Å². The van der Waals surface area contributed by atoms with Gasteiger partial charge in [-0.1, -0.05) is 30.3 Å². The number of carbonyl (C=O) groups is 1. The third kappa shape index (κ3) is 4.03. The van der Waals surface area contributed by atoms with Gasteiger partial charge in [-0.15, -0.1) is 0 Å². The fourth-order valence-electron chi connectivity index (χ4n) is 2.56. The van der Waals surface area contributed by atoms with E-state index < -0.39 is 18.9 Å². The molecule has 0 spiro atoms. The Bertz CT molecular complexity index is 470. The lowest BCUT2D eigenvalue weighted by molar-refractivity contribution is -0.144. The zero-order valence-electron chi connectivity index (χ0n) is 11.4. The number of halogens is 4. The van der Waals surface area contributed by atoms with E-state index in [-0.39, 0.29) is 24.8 Å². The molecule has 1 aliphatic rings. The number of ketones is 1. The zero-order chi connectivity index (χ0) is 15.5. The van der Waals surface area contributed by atoms with Gasteiger partial charge in [0.15, 0.2) is 5.78 Å². The summed E-state index contributed by atoms with van der Waals surface area (Å²) in [6.45, 7) is -0.464. The van der Waals surface area contributed by atoms with Crippen molar-refractivity contribution in [2.45, 2.75) is 25.2 Å². The van der Waals surface area contributed by atoms with E-state index in [0.29, 0.717) is 18.4 Å². The van der Waals surface area contributed by atoms with Gasteiger partial charge in [-0.25, -0.2) is 8.78 Å². The Labute approximate surface area is 120 Å². The average Bonchev–Trinajstić information content (AvgIpc) is 2.48. The van der Waals surface area contributed by atoms with Crippen molar-refractivity contribution in [3.63, 3.8) is 0 Å². The predicted molar refractivity (Wildman–Crippen MR) is 70.9 cm³/mol. The molecule has 1 aromatic rings. The Morgan fingerprint density at radius 2 is 1.76 bits per heavy atom. The molecular weight excluding hydrogens is 286 g/mol. The lowest BCUT2D eigenvalue weighted by atomic mass is 9.89. The number of rotatable bonds is 5. The Balaban J connectivity index is 1.88. The van der Waals surface area contributed by atoms with Crippen molar-refractivity contribution < 1.29 is 22.4 Å². The van der Waals surface area contributed by atoms with Crippen LogP contribution in [-0.4, -0.2) is 42.7 Å². The van der Waals surface area contributed by atoms with E-state index in [2.05, 4.69) is 0 Å². The number of nitrogens with zero attached hydrogens (tertiary/aromatic N) is 1. The molecule has 6 heteroatoms. The maximum atomic E-state index is 13.0. The molecule has 0 saturated carbocycles. The van der Waals surface area contributed by atoms with Gasteiger partial charge >= 0.3 is 12.3 Å². The first-order valence-electron chi connectivity index (χ1n) is 6.88. The Hall–Kier alpha value is -1.43. The van der Waals surface area contributed by atoms with Gasteiger partial charge in [-0.3, -0.25) is 9.69 Å². The fourth-order valence-corrected chi connectivity index (χ4v) is 2.56. The minimum atomic E-state index is -3.99. The lowest BCUT2D eigenvalue weighted by Gasteiger charge is -2.33. The second-order valence-electron chi connectivity index (χ2n) is 5.34. The van der Waals surface area contributed by atoms with Gasteiger partial charge in [0.25, 0.3) is 0 Å². The summed E-state index contributed by atoms with van der Waals surface area (Å²) in [5.74, 6) is -4.21. The summed E-state index contributed by atoms with van der Waals surface area (Å²) in [7, 11) is 0. The highest BCUT2D eigenvalue weighted by molar-refractivity contribution is 5.97. The van der Waals surface area contributed by atoms with E-state index in [9.17, 15) is 22.4 Å². The van der Waals surface area contributed by atoms with Gasteiger partial charge in [0, 0.05) is 11.5 Å². The summed E-state index contributed by atoms with van der Waals surface area (Å²) in [5, 5.41) is 0. The normalized spacial score (nSPS) is 18.1. The highest BCUT2D eigenvalue weighted by atomic mass is 19.3. The maximum Gasteiger partial charge on any atom is 0.319 e. The molecule has 1 aromatic carbocycles. The lowest BCUT2D eigenvalue weighted by Crippen LogP contribution is -2.45. The van der Waals surface area contributed by atoms with E-state index in [0.717, 1.165) is 0 Å². The van der Waals surface area contributed by atoms with Crippen molar-refractivity contribution in [1.82, 2.24) is 4.90 Å². The second-order valence-corrected chi connectivity index (χ2v) is 5.34. The van der Waals surface area contributed by atoms with Crippen LogP contribution in [0, 0.1) is 5.92 Å². The van der Waals surface area contributed by atoms with Crippen LogP contribution in [0.15, 0.2) is 30.3 Å². The SMILES string of the molecule is O=C(c1ccccc1)C1CCN(CC(F)(F)C(F)F)CC1. The molecule has 0 amide bonds. The molecule has 1 saturated heterocycles. The number of alkyl halides is 4. The van der Waals surface area contributed by atoms with Crippen molar-refractivity contribution >= 4 is 5.78 Å². The number of piperidine rings is 1. The molecule has 0 unspecified atom stereocenters. The number of hydrogen-bond acceptors (Lipinski definition) is 2. The van der Waals surface area contributed by atoms with Gasteiger partial charge in [-0.05, 0) is 25.9 Å². The fraction of sp³-hybridized carbons (Fsp3) is 0.533. The second kappa shape index (κ2) is 6.56. The third-order valence-corrected chi connectivity index (χ3v) is 3.77. The summed E-state index contributed by atoms with van der Waals surface area (Å²) < 4.78 is 50.3. The summed E-state index contributed by atoms with van der Waals surface area (Å²) in [6, 6.07) is 8.79. The number of hydrogen-bond donors (Lipinski definition) is 0. The van der Waals surface area contributed by atoms with Crippen molar-refractivity contribution in [1.29, 1.82) is 0 Å². The molecule has 0 aliphatic carbocycles. The van der Waals surface area contributed by atoms with Crippen molar-refractivity contribution in [2.75, 3.05) is 19.6 Å². The van der Waals surface area contributed by atoms with E-state index in [1.165, 1.54) is 4.90 Å². The highest BCUT2D eigenvalue weighted by Gasteiger charge is 2.43. The first-order valence-corrected chi connectivity index (χ1v) is 6.88. The quantitative estimate of drug-likeness (QED) is 0.613. The number of carbonyl (C=O) groups excluding carboxylic acids is 1.